The Bertz CT molecular complexity index is 568. The van der Waals surface area contributed by atoms with Gasteiger partial charge in [-0.25, -0.2) is 0 Å². The average molecular weight is 292 g/mol. The Morgan fingerprint density at radius 2 is 2.15 bits per heavy atom. The minimum Gasteiger partial charge on any atom is -0.334 e. The average Bonchev–Trinajstić information content (AvgIpc) is 2.74. The number of nitrogens with one attached hydrogen (secondary N) is 1. The molecule has 1 N–H and O–H groups in total. The van der Waals surface area contributed by atoms with Gasteiger partial charge in [0.25, 0.3) is 5.89 Å². The number of halogens is 1. The highest BCUT2D eigenvalue weighted by molar-refractivity contribution is 6.30. The summed E-state index contributed by atoms with van der Waals surface area (Å²) in [6.07, 6.45) is 4.75. The van der Waals surface area contributed by atoms with Crippen molar-refractivity contribution in [3.05, 3.63) is 34.6 Å². The van der Waals surface area contributed by atoms with E-state index in [9.17, 15) is 0 Å². The van der Waals surface area contributed by atoms with Crippen LogP contribution in [0.5, 0.6) is 0 Å². The molecule has 4 nitrogen and oxygen atoms in total. The topological polar surface area (TPSA) is 51.0 Å². The van der Waals surface area contributed by atoms with Gasteiger partial charge in [0.1, 0.15) is 0 Å². The molecule has 0 spiro atoms. The largest absolute Gasteiger partial charge is 0.334 e. The highest BCUT2D eigenvalue weighted by Crippen LogP contribution is 2.26. The molecule has 1 saturated heterocycles. The van der Waals surface area contributed by atoms with Gasteiger partial charge in [-0.1, -0.05) is 29.6 Å². The Labute approximate surface area is 123 Å². The summed E-state index contributed by atoms with van der Waals surface area (Å²) >= 11 is 6.07. The highest BCUT2D eigenvalue weighted by atomic mass is 35.5. The maximum absolute atomic E-state index is 6.07. The summed E-state index contributed by atoms with van der Waals surface area (Å²) in [7, 11) is 0. The first-order valence-corrected chi connectivity index (χ1v) is 7.45. The van der Waals surface area contributed by atoms with E-state index in [1.165, 1.54) is 19.3 Å². The van der Waals surface area contributed by atoms with Crippen LogP contribution in [0.2, 0.25) is 5.02 Å². The van der Waals surface area contributed by atoms with Crippen molar-refractivity contribution in [2.75, 3.05) is 6.54 Å². The van der Waals surface area contributed by atoms with Crippen LogP contribution >= 0.6 is 11.6 Å². The molecule has 1 atom stereocenters. The van der Waals surface area contributed by atoms with Crippen LogP contribution < -0.4 is 5.32 Å². The number of hydrogen-bond acceptors (Lipinski definition) is 4. The van der Waals surface area contributed by atoms with Crippen molar-refractivity contribution in [1.29, 1.82) is 0 Å². The summed E-state index contributed by atoms with van der Waals surface area (Å²) in [4.78, 5) is 4.53. The van der Waals surface area contributed by atoms with Gasteiger partial charge in [0.05, 0.1) is 6.04 Å². The lowest BCUT2D eigenvalue weighted by atomic mass is 10.1. The third-order valence-corrected chi connectivity index (χ3v) is 3.82. The molecule has 0 saturated carbocycles. The van der Waals surface area contributed by atoms with Crippen molar-refractivity contribution in [2.24, 2.45) is 0 Å². The van der Waals surface area contributed by atoms with E-state index < -0.39 is 0 Å². The second-order valence-corrected chi connectivity index (χ2v) is 5.77. The Kier molecular flexibility index (Phi) is 4.03. The summed E-state index contributed by atoms with van der Waals surface area (Å²) in [5, 5.41) is 8.29. The van der Waals surface area contributed by atoms with E-state index in [0.29, 0.717) is 10.9 Å². The Hall–Kier alpha value is -1.39. The highest BCUT2D eigenvalue weighted by Gasteiger charge is 2.20. The predicted octanol–water partition coefficient (Wildman–Crippen LogP) is 3.90. The van der Waals surface area contributed by atoms with Crippen LogP contribution in [0.25, 0.3) is 11.5 Å². The molecular weight excluding hydrogens is 274 g/mol. The monoisotopic (exact) mass is 291 g/mol. The number of aryl methyl sites for hydroxylation is 1. The van der Waals surface area contributed by atoms with Crippen LogP contribution in [0, 0.1) is 6.92 Å². The lowest BCUT2D eigenvalue weighted by molar-refractivity contribution is 0.402. The molecule has 1 fully saturated rings. The molecule has 1 unspecified atom stereocenters. The molecule has 1 aromatic heterocycles. The van der Waals surface area contributed by atoms with Gasteiger partial charge in [-0.15, -0.1) is 0 Å². The summed E-state index contributed by atoms with van der Waals surface area (Å²) < 4.78 is 5.39. The molecule has 1 aromatic carbocycles. The van der Waals surface area contributed by atoms with Gasteiger partial charge in [0.15, 0.2) is 5.82 Å². The number of hydrogen-bond donors (Lipinski definition) is 1. The number of nitrogens with zero attached hydrogens (tertiary/aromatic N) is 2. The van der Waals surface area contributed by atoms with Crippen LogP contribution in [0.1, 0.15) is 43.1 Å². The van der Waals surface area contributed by atoms with Gasteiger partial charge >= 0.3 is 0 Å². The Morgan fingerprint density at radius 3 is 3.00 bits per heavy atom. The van der Waals surface area contributed by atoms with Gasteiger partial charge in [-0.2, -0.15) is 4.98 Å². The fourth-order valence-corrected chi connectivity index (χ4v) is 2.89. The summed E-state index contributed by atoms with van der Waals surface area (Å²) in [6.45, 7) is 3.02. The van der Waals surface area contributed by atoms with E-state index >= 15 is 0 Å². The zero-order valence-electron chi connectivity index (χ0n) is 11.5. The predicted molar refractivity (Wildman–Crippen MR) is 78.7 cm³/mol. The first kappa shape index (κ1) is 13.6. The standard InChI is InChI=1S/C15H18ClN3O/c1-10-7-11(9-12(16)8-10)15-18-14(19-20-15)13-5-3-2-4-6-17-13/h7-9,13,17H,2-6H2,1H3. The van der Waals surface area contributed by atoms with Crippen LogP contribution in [0.4, 0.5) is 0 Å². The molecular formula is C15H18ClN3O. The number of benzene rings is 1. The lowest BCUT2D eigenvalue weighted by Gasteiger charge is -2.09. The SMILES string of the molecule is Cc1cc(Cl)cc(-c2nc(C3CCCCCN3)no2)c1. The number of rotatable bonds is 2. The summed E-state index contributed by atoms with van der Waals surface area (Å²) in [5.41, 5.74) is 1.96. The van der Waals surface area contributed by atoms with Crippen LogP contribution in [-0.2, 0) is 0 Å². The first-order chi connectivity index (χ1) is 9.72. The van der Waals surface area contributed by atoms with Crippen LogP contribution in [0.15, 0.2) is 22.7 Å². The van der Waals surface area contributed by atoms with E-state index in [4.69, 9.17) is 16.1 Å². The maximum Gasteiger partial charge on any atom is 0.258 e. The van der Waals surface area contributed by atoms with Crippen molar-refractivity contribution < 1.29 is 4.52 Å². The van der Waals surface area contributed by atoms with E-state index in [-0.39, 0.29) is 6.04 Å². The van der Waals surface area contributed by atoms with E-state index in [0.717, 1.165) is 29.9 Å². The quantitative estimate of drug-likeness (QED) is 0.911. The molecule has 0 aliphatic carbocycles. The summed E-state index contributed by atoms with van der Waals surface area (Å²) in [5.74, 6) is 1.29. The van der Waals surface area contributed by atoms with Gasteiger partial charge in [0, 0.05) is 10.6 Å². The molecule has 3 rings (SSSR count). The molecule has 2 aromatic rings. The van der Waals surface area contributed by atoms with Crippen LogP contribution in [-0.4, -0.2) is 16.7 Å². The van der Waals surface area contributed by atoms with E-state index in [1.54, 1.807) is 0 Å². The van der Waals surface area contributed by atoms with Gasteiger partial charge in [0.2, 0.25) is 0 Å². The third kappa shape index (κ3) is 3.02. The molecule has 0 radical (unpaired) electrons. The summed E-state index contributed by atoms with van der Waals surface area (Å²) in [6, 6.07) is 5.97. The molecule has 1 aliphatic heterocycles. The normalized spacial score (nSPS) is 19.8. The smallest absolute Gasteiger partial charge is 0.258 e. The van der Waals surface area contributed by atoms with E-state index in [2.05, 4.69) is 15.5 Å². The Morgan fingerprint density at radius 1 is 1.25 bits per heavy atom. The van der Waals surface area contributed by atoms with Crippen molar-refractivity contribution in [2.45, 2.75) is 38.6 Å². The second-order valence-electron chi connectivity index (χ2n) is 5.33. The third-order valence-electron chi connectivity index (χ3n) is 3.60. The van der Waals surface area contributed by atoms with Gasteiger partial charge < -0.3 is 9.84 Å². The van der Waals surface area contributed by atoms with E-state index in [1.807, 2.05) is 25.1 Å². The molecule has 106 valence electrons. The van der Waals surface area contributed by atoms with Gasteiger partial charge in [-0.3, -0.25) is 0 Å². The van der Waals surface area contributed by atoms with Gasteiger partial charge in [-0.05, 0) is 50.1 Å². The molecule has 5 heteroatoms. The maximum atomic E-state index is 6.07. The molecule has 20 heavy (non-hydrogen) atoms. The zero-order valence-corrected chi connectivity index (χ0v) is 12.3. The van der Waals surface area contributed by atoms with Crippen LogP contribution in [0.3, 0.4) is 0 Å². The van der Waals surface area contributed by atoms with Crippen molar-refractivity contribution in [1.82, 2.24) is 15.5 Å². The fourth-order valence-electron chi connectivity index (χ4n) is 2.60. The van der Waals surface area contributed by atoms with Crippen molar-refractivity contribution in [3.63, 3.8) is 0 Å². The zero-order chi connectivity index (χ0) is 13.9. The molecule has 1 aliphatic rings. The van der Waals surface area contributed by atoms with Crippen molar-refractivity contribution >= 4 is 11.6 Å². The first-order valence-electron chi connectivity index (χ1n) is 7.07. The fraction of sp³-hybridized carbons (Fsp3) is 0.467. The lowest BCUT2D eigenvalue weighted by Crippen LogP contribution is -2.21. The molecule has 0 bridgehead atoms. The van der Waals surface area contributed by atoms with Crippen molar-refractivity contribution in [3.8, 4) is 11.5 Å². The molecule has 2 heterocycles. The minimum atomic E-state index is 0.204. The minimum absolute atomic E-state index is 0.204. The molecule has 0 amide bonds. The second kappa shape index (κ2) is 5.94. The number of aromatic nitrogens is 2. The Balaban J connectivity index is 1.85.